The van der Waals surface area contributed by atoms with Crippen molar-refractivity contribution < 1.29 is 13.2 Å². The summed E-state index contributed by atoms with van der Waals surface area (Å²) in [6.45, 7) is 1.46. The molecular formula is C14H10BrClF3N. The fourth-order valence-corrected chi connectivity index (χ4v) is 2.41. The molecule has 1 nitrogen and oxygen atoms in total. The van der Waals surface area contributed by atoms with Crippen molar-refractivity contribution in [3.63, 3.8) is 0 Å². The first kappa shape index (κ1) is 15.4. The summed E-state index contributed by atoms with van der Waals surface area (Å²) < 4.78 is 41.2. The van der Waals surface area contributed by atoms with E-state index in [1.807, 2.05) is 0 Å². The van der Waals surface area contributed by atoms with E-state index in [0.29, 0.717) is 4.47 Å². The highest BCUT2D eigenvalue weighted by Crippen LogP contribution is 2.35. The fourth-order valence-electron chi connectivity index (χ4n) is 1.94. The van der Waals surface area contributed by atoms with Gasteiger partial charge in [-0.2, -0.15) is 0 Å². The number of rotatable bonds is 2. The molecule has 0 saturated carbocycles. The van der Waals surface area contributed by atoms with Crippen molar-refractivity contribution in [1.82, 2.24) is 0 Å². The van der Waals surface area contributed by atoms with Gasteiger partial charge in [0, 0.05) is 16.1 Å². The zero-order chi connectivity index (χ0) is 15.1. The van der Waals surface area contributed by atoms with E-state index < -0.39 is 23.0 Å². The smallest absolute Gasteiger partial charge is 0.148 e. The largest absolute Gasteiger partial charge is 0.318 e. The summed E-state index contributed by atoms with van der Waals surface area (Å²) in [7, 11) is 0. The van der Waals surface area contributed by atoms with Gasteiger partial charge >= 0.3 is 0 Å². The van der Waals surface area contributed by atoms with Gasteiger partial charge < -0.3 is 5.73 Å². The first-order valence-corrected chi connectivity index (χ1v) is 6.80. The molecule has 0 bridgehead atoms. The lowest BCUT2D eigenvalue weighted by molar-refractivity contribution is 0.516. The highest BCUT2D eigenvalue weighted by atomic mass is 79.9. The molecular weight excluding hydrogens is 355 g/mol. The molecule has 0 aliphatic carbocycles. The van der Waals surface area contributed by atoms with Crippen LogP contribution in [0.5, 0.6) is 0 Å². The lowest BCUT2D eigenvalue weighted by atomic mass is 9.85. The van der Waals surface area contributed by atoms with Crippen molar-refractivity contribution in [2.24, 2.45) is 5.73 Å². The highest BCUT2D eigenvalue weighted by Gasteiger charge is 2.29. The summed E-state index contributed by atoms with van der Waals surface area (Å²) in [6, 6.07) is 5.82. The summed E-state index contributed by atoms with van der Waals surface area (Å²) in [6.07, 6.45) is 0. The van der Waals surface area contributed by atoms with Gasteiger partial charge in [0.05, 0.1) is 10.6 Å². The van der Waals surface area contributed by atoms with Crippen LogP contribution < -0.4 is 5.73 Å². The lowest BCUT2D eigenvalue weighted by Gasteiger charge is -2.27. The average Bonchev–Trinajstić information content (AvgIpc) is 2.34. The highest BCUT2D eigenvalue weighted by molar-refractivity contribution is 9.10. The number of nitrogens with two attached hydrogens (primary N) is 1. The van der Waals surface area contributed by atoms with Crippen LogP contribution in [0.1, 0.15) is 18.1 Å². The molecule has 0 heterocycles. The minimum Gasteiger partial charge on any atom is -0.318 e. The first-order valence-electron chi connectivity index (χ1n) is 5.63. The van der Waals surface area contributed by atoms with Crippen molar-refractivity contribution in [3.05, 3.63) is 68.4 Å². The topological polar surface area (TPSA) is 26.0 Å². The number of halogens is 5. The van der Waals surface area contributed by atoms with E-state index in [1.54, 1.807) is 0 Å². The molecule has 6 heteroatoms. The normalized spacial score (nSPS) is 14.2. The summed E-state index contributed by atoms with van der Waals surface area (Å²) in [5, 5.41) is -0.129. The first-order chi connectivity index (χ1) is 9.23. The van der Waals surface area contributed by atoms with Gasteiger partial charge in [-0.1, -0.05) is 17.7 Å². The van der Waals surface area contributed by atoms with Gasteiger partial charge in [0.2, 0.25) is 0 Å². The van der Waals surface area contributed by atoms with Crippen LogP contribution in [0.2, 0.25) is 5.02 Å². The molecule has 0 saturated heterocycles. The fraction of sp³-hybridized carbons (Fsp3) is 0.143. The van der Waals surface area contributed by atoms with Gasteiger partial charge in [0.1, 0.15) is 17.5 Å². The minimum absolute atomic E-state index is 0.0516. The predicted molar refractivity (Wildman–Crippen MR) is 76.1 cm³/mol. The Hall–Kier alpha value is -1.04. The van der Waals surface area contributed by atoms with E-state index in [1.165, 1.54) is 19.1 Å². The standard InChI is InChI=1S/C14H10BrClF3N/c1-14(20,7-4-8(17)6-9(18)5-7)10-2-3-11(15)12(16)13(10)19/h2-6H,20H2,1H3. The third kappa shape index (κ3) is 2.71. The van der Waals surface area contributed by atoms with Gasteiger partial charge in [0.25, 0.3) is 0 Å². The van der Waals surface area contributed by atoms with E-state index in [-0.39, 0.29) is 16.1 Å². The van der Waals surface area contributed by atoms with Gasteiger partial charge in [-0.15, -0.1) is 0 Å². The molecule has 0 spiro atoms. The zero-order valence-corrected chi connectivity index (χ0v) is 12.7. The van der Waals surface area contributed by atoms with Gasteiger partial charge in [-0.25, -0.2) is 13.2 Å². The van der Waals surface area contributed by atoms with Crippen molar-refractivity contribution in [2.45, 2.75) is 12.5 Å². The molecule has 1 atom stereocenters. The second-order valence-corrected chi connectivity index (χ2v) is 5.82. The van der Waals surface area contributed by atoms with Crippen molar-refractivity contribution in [2.75, 3.05) is 0 Å². The van der Waals surface area contributed by atoms with Crippen LogP contribution in [0.3, 0.4) is 0 Å². The van der Waals surface area contributed by atoms with Crippen LogP contribution in [-0.2, 0) is 5.54 Å². The Bertz CT molecular complexity index is 653. The molecule has 2 rings (SSSR count). The molecule has 0 aliphatic heterocycles. The summed E-state index contributed by atoms with van der Waals surface area (Å²) in [5.74, 6) is -2.28. The molecule has 0 amide bonds. The Morgan fingerprint density at radius 2 is 1.65 bits per heavy atom. The predicted octanol–water partition coefficient (Wildman–Crippen LogP) is 4.74. The van der Waals surface area contributed by atoms with Crippen molar-refractivity contribution >= 4 is 27.5 Å². The summed E-state index contributed by atoms with van der Waals surface area (Å²) in [4.78, 5) is 0. The van der Waals surface area contributed by atoms with Crippen molar-refractivity contribution in [1.29, 1.82) is 0 Å². The maximum atomic E-state index is 14.2. The van der Waals surface area contributed by atoms with E-state index in [2.05, 4.69) is 15.9 Å². The van der Waals surface area contributed by atoms with E-state index >= 15 is 0 Å². The van der Waals surface area contributed by atoms with E-state index in [9.17, 15) is 13.2 Å². The van der Waals surface area contributed by atoms with E-state index in [0.717, 1.165) is 18.2 Å². The molecule has 0 fully saturated rings. The third-order valence-corrected chi connectivity index (χ3v) is 4.32. The summed E-state index contributed by atoms with van der Waals surface area (Å²) >= 11 is 8.91. The van der Waals surface area contributed by atoms with Crippen LogP contribution in [0.15, 0.2) is 34.8 Å². The molecule has 2 aromatic rings. The number of benzene rings is 2. The Balaban J connectivity index is 2.63. The molecule has 106 valence electrons. The van der Waals surface area contributed by atoms with Crippen LogP contribution >= 0.6 is 27.5 Å². The molecule has 2 aromatic carbocycles. The van der Waals surface area contributed by atoms with Crippen LogP contribution in [-0.4, -0.2) is 0 Å². The Labute approximate surface area is 127 Å². The molecule has 1 unspecified atom stereocenters. The maximum Gasteiger partial charge on any atom is 0.148 e. The van der Waals surface area contributed by atoms with Gasteiger partial charge in [0.15, 0.2) is 0 Å². The summed E-state index contributed by atoms with van der Waals surface area (Å²) in [5.41, 5.74) is 4.82. The minimum atomic E-state index is -1.42. The monoisotopic (exact) mass is 363 g/mol. The maximum absolute atomic E-state index is 14.2. The van der Waals surface area contributed by atoms with Crippen LogP contribution in [0, 0.1) is 17.5 Å². The van der Waals surface area contributed by atoms with Crippen LogP contribution in [0.4, 0.5) is 13.2 Å². The molecule has 0 aromatic heterocycles. The molecule has 20 heavy (non-hydrogen) atoms. The average molecular weight is 365 g/mol. The zero-order valence-electron chi connectivity index (χ0n) is 10.4. The second kappa shape index (κ2) is 5.39. The second-order valence-electron chi connectivity index (χ2n) is 4.58. The molecule has 0 radical (unpaired) electrons. The Morgan fingerprint density at radius 1 is 1.10 bits per heavy atom. The SMILES string of the molecule is CC(N)(c1cc(F)cc(F)c1)c1ccc(Br)c(Cl)c1F. The Morgan fingerprint density at radius 3 is 2.20 bits per heavy atom. The van der Waals surface area contributed by atoms with Crippen molar-refractivity contribution in [3.8, 4) is 0 Å². The molecule has 2 N–H and O–H groups in total. The van der Waals surface area contributed by atoms with E-state index in [4.69, 9.17) is 17.3 Å². The van der Waals surface area contributed by atoms with Gasteiger partial charge in [-0.05, 0) is 46.6 Å². The number of hydrogen-bond acceptors (Lipinski definition) is 1. The van der Waals surface area contributed by atoms with Crippen LogP contribution in [0.25, 0.3) is 0 Å². The van der Waals surface area contributed by atoms with Gasteiger partial charge in [-0.3, -0.25) is 0 Å². The number of hydrogen-bond donors (Lipinski definition) is 1. The Kier molecular flexibility index (Phi) is 4.14. The lowest BCUT2D eigenvalue weighted by Crippen LogP contribution is -2.35. The molecule has 0 aliphatic rings. The third-order valence-electron chi connectivity index (χ3n) is 3.06. The quantitative estimate of drug-likeness (QED) is 0.765.